The second kappa shape index (κ2) is 8.33. The standard InChI is InChI=1S/C20H21N3O6S2/c1-28-16-6-3-13(11-17(16)29-2)19(24)22-7-9-23(10-8-22)31(26,27)14-4-5-15-18(12-14)30-20(25)21-15/h3-6,11-12H,7-10H2,1-2H3,(H,21,25). The van der Waals surface area contributed by atoms with Gasteiger partial charge < -0.3 is 19.4 Å². The predicted octanol–water partition coefficient (Wildman–Crippen LogP) is 1.75. The van der Waals surface area contributed by atoms with Crippen molar-refractivity contribution in [3.63, 3.8) is 0 Å². The number of nitrogens with one attached hydrogen (secondary N) is 1. The van der Waals surface area contributed by atoms with E-state index in [2.05, 4.69) is 4.98 Å². The number of H-pyrrole nitrogens is 1. The van der Waals surface area contributed by atoms with Gasteiger partial charge in [0.15, 0.2) is 11.5 Å². The van der Waals surface area contributed by atoms with Gasteiger partial charge in [-0.25, -0.2) is 8.42 Å². The van der Waals surface area contributed by atoms with Crippen molar-refractivity contribution in [1.82, 2.24) is 14.2 Å². The summed E-state index contributed by atoms with van der Waals surface area (Å²) >= 11 is 0.970. The first-order valence-electron chi connectivity index (χ1n) is 9.48. The van der Waals surface area contributed by atoms with Crippen molar-refractivity contribution < 1.29 is 22.7 Å². The molecule has 4 rings (SSSR count). The highest BCUT2D eigenvalue weighted by molar-refractivity contribution is 7.89. The van der Waals surface area contributed by atoms with Crippen LogP contribution in [0.3, 0.4) is 0 Å². The normalized spacial score (nSPS) is 15.2. The number of carbonyl (C=O) groups is 1. The molecule has 9 nitrogen and oxygen atoms in total. The summed E-state index contributed by atoms with van der Waals surface area (Å²) < 4.78 is 38.5. The largest absolute Gasteiger partial charge is 0.493 e. The molecule has 11 heteroatoms. The van der Waals surface area contributed by atoms with Gasteiger partial charge in [0.25, 0.3) is 5.91 Å². The number of carbonyl (C=O) groups excluding carboxylic acids is 1. The lowest BCUT2D eigenvalue weighted by molar-refractivity contribution is 0.0697. The first-order valence-corrected chi connectivity index (χ1v) is 11.7. The van der Waals surface area contributed by atoms with Crippen LogP contribution in [0.15, 0.2) is 46.1 Å². The third kappa shape index (κ3) is 4.03. The van der Waals surface area contributed by atoms with Crippen molar-refractivity contribution in [3.05, 3.63) is 51.6 Å². The maximum absolute atomic E-state index is 13.0. The Morgan fingerprint density at radius 3 is 2.39 bits per heavy atom. The Kier molecular flexibility index (Phi) is 5.73. The highest BCUT2D eigenvalue weighted by atomic mass is 32.2. The summed E-state index contributed by atoms with van der Waals surface area (Å²) in [5.41, 5.74) is 1.06. The number of amides is 1. The number of methoxy groups -OCH3 is 2. The van der Waals surface area contributed by atoms with Gasteiger partial charge in [-0.2, -0.15) is 4.31 Å². The number of rotatable bonds is 5. The Bertz CT molecular complexity index is 1290. The number of benzene rings is 2. The van der Waals surface area contributed by atoms with E-state index < -0.39 is 10.0 Å². The monoisotopic (exact) mass is 463 g/mol. The van der Waals surface area contributed by atoms with Gasteiger partial charge in [0, 0.05) is 31.7 Å². The zero-order valence-electron chi connectivity index (χ0n) is 17.0. The smallest absolute Gasteiger partial charge is 0.305 e. The molecule has 1 aromatic heterocycles. The van der Waals surface area contributed by atoms with Crippen molar-refractivity contribution in [2.45, 2.75) is 4.90 Å². The molecule has 1 aliphatic heterocycles. The molecule has 0 bridgehead atoms. The third-order valence-electron chi connectivity index (χ3n) is 5.19. The lowest BCUT2D eigenvalue weighted by Crippen LogP contribution is -2.50. The molecule has 3 aromatic rings. The molecule has 1 amide bonds. The van der Waals surface area contributed by atoms with Crippen LogP contribution in [0.2, 0.25) is 0 Å². The number of piperazine rings is 1. The molecule has 31 heavy (non-hydrogen) atoms. The van der Waals surface area contributed by atoms with Gasteiger partial charge in [-0.3, -0.25) is 9.59 Å². The van der Waals surface area contributed by atoms with Crippen molar-refractivity contribution in [3.8, 4) is 11.5 Å². The summed E-state index contributed by atoms with van der Waals surface area (Å²) in [6.45, 7) is 0.907. The number of hydrogen-bond acceptors (Lipinski definition) is 7. The van der Waals surface area contributed by atoms with Gasteiger partial charge in [-0.05, 0) is 36.4 Å². The van der Waals surface area contributed by atoms with E-state index in [1.54, 1.807) is 29.2 Å². The second-order valence-electron chi connectivity index (χ2n) is 6.94. The SMILES string of the molecule is COc1ccc(C(=O)N2CCN(S(=O)(=O)c3ccc4[nH]c(=O)sc4c3)CC2)cc1OC. The van der Waals surface area contributed by atoms with Gasteiger partial charge >= 0.3 is 4.87 Å². The van der Waals surface area contributed by atoms with E-state index in [1.165, 1.54) is 30.7 Å². The fourth-order valence-electron chi connectivity index (χ4n) is 3.52. The Balaban J connectivity index is 1.48. The van der Waals surface area contributed by atoms with E-state index in [1.807, 2.05) is 0 Å². The van der Waals surface area contributed by atoms with E-state index in [4.69, 9.17) is 9.47 Å². The highest BCUT2D eigenvalue weighted by Crippen LogP contribution is 2.28. The van der Waals surface area contributed by atoms with Crippen LogP contribution < -0.4 is 14.3 Å². The molecule has 0 saturated carbocycles. The summed E-state index contributed by atoms with van der Waals surface area (Å²) in [5, 5.41) is 0. The van der Waals surface area contributed by atoms with Crippen molar-refractivity contribution in [2.75, 3.05) is 40.4 Å². The van der Waals surface area contributed by atoms with Crippen LogP contribution in [0.1, 0.15) is 10.4 Å². The second-order valence-corrected chi connectivity index (χ2v) is 9.89. The van der Waals surface area contributed by atoms with Crippen LogP contribution in [-0.4, -0.2) is 68.9 Å². The van der Waals surface area contributed by atoms with E-state index in [0.29, 0.717) is 27.3 Å². The average molecular weight is 464 g/mol. The molecule has 0 unspecified atom stereocenters. The van der Waals surface area contributed by atoms with Crippen molar-refractivity contribution in [2.24, 2.45) is 0 Å². The quantitative estimate of drug-likeness (QED) is 0.618. The molecule has 0 spiro atoms. The van der Waals surface area contributed by atoms with Gasteiger partial charge in [0.1, 0.15) is 0 Å². The fraction of sp³-hybridized carbons (Fsp3) is 0.300. The average Bonchev–Trinajstić information content (AvgIpc) is 3.17. The summed E-state index contributed by atoms with van der Waals surface area (Å²) in [5.74, 6) is 0.785. The van der Waals surface area contributed by atoms with E-state index in [9.17, 15) is 18.0 Å². The topological polar surface area (TPSA) is 109 Å². The van der Waals surface area contributed by atoms with E-state index in [-0.39, 0.29) is 41.9 Å². The fourth-order valence-corrected chi connectivity index (χ4v) is 5.82. The summed E-state index contributed by atoms with van der Waals surface area (Å²) in [7, 11) is -0.708. The van der Waals surface area contributed by atoms with Crippen LogP contribution in [-0.2, 0) is 10.0 Å². The molecular formula is C20H21N3O6S2. The minimum Gasteiger partial charge on any atom is -0.493 e. The molecule has 1 fully saturated rings. The minimum absolute atomic E-state index is 0.134. The summed E-state index contributed by atoms with van der Waals surface area (Å²) in [6.07, 6.45) is 0. The van der Waals surface area contributed by atoms with Crippen LogP contribution >= 0.6 is 11.3 Å². The van der Waals surface area contributed by atoms with Crippen LogP contribution in [0.5, 0.6) is 11.5 Å². The number of thiazole rings is 1. The molecule has 164 valence electrons. The number of nitrogens with zero attached hydrogens (tertiary/aromatic N) is 2. The molecule has 2 aromatic carbocycles. The first kappa shape index (κ1) is 21.3. The number of sulfonamides is 1. The predicted molar refractivity (Wildman–Crippen MR) is 117 cm³/mol. The molecular weight excluding hydrogens is 442 g/mol. The number of hydrogen-bond donors (Lipinski definition) is 1. The molecule has 0 aliphatic carbocycles. The number of fused-ring (bicyclic) bond motifs is 1. The molecule has 0 atom stereocenters. The number of aromatic nitrogens is 1. The minimum atomic E-state index is -3.73. The molecule has 0 radical (unpaired) electrons. The van der Waals surface area contributed by atoms with Crippen LogP contribution in [0.25, 0.3) is 10.2 Å². The Labute approximate surface area is 182 Å². The summed E-state index contributed by atoms with van der Waals surface area (Å²) in [4.78, 5) is 28.6. The maximum Gasteiger partial charge on any atom is 0.305 e. The Morgan fingerprint density at radius 1 is 1.00 bits per heavy atom. The number of ether oxygens (including phenoxy) is 2. The zero-order valence-corrected chi connectivity index (χ0v) is 18.6. The maximum atomic E-state index is 13.0. The molecule has 1 aliphatic rings. The van der Waals surface area contributed by atoms with Gasteiger partial charge in [0.2, 0.25) is 10.0 Å². The Morgan fingerprint density at radius 2 is 1.71 bits per heavy atom. The van der Waals surface area contributed by atoms with Crippen LogP contribution in [0, 0.1) is 0 Å². The lowest BCUT2D eigenvalue weighted by atomic mass is 10.1. The van der Waals surface area contributed by atoms with Gasteiger partial charge in [0.05, 0.1) is 29.3 Å². The number of aromatic amines is 1. The molecule has 1 N–H and O–H groups in total. The van der Waals surface area contributed by atoms with Crippen LogP contribution in [0.4, 0.5) is 0 Å². The molecule has 2 heterocycles. The Hall–Kier alpha value is -2.89. The first-order chi connectivity index (χ1) is 14.8. The van der Waals surface area contributed by atoms with Crippen molar-refractivity contribution in [1.29, 1.82) is 0 Å². The molecule has 1 saturated heterocycles. The lowest BCUT2D eigenvalue weighted by Gasteiger charge is -2.34. The third-order valence-corrected chi connectivity index (χ3v) is 7.93. The highest BCUT2D eigenvalue weighted by Gasteiger charge is 2.31. The summed E-state index contributed by atoms with van der Waals surface area (Å²) in [6, 6.07) is 9.53. The van der Waals surface area contributed by atoms with E-state index >= 15 is 0 Å². The van der Waals surface area contributed by atoms with Gasteiger partial charge in [-0.15, -0.1) is 0 Å². The van der Waals surface area contributed by atoms with Gasteiger partial charge in [-0.1, -0.05) is 11.3 Å². The van der Waals surface area contributed by atoms with E-state index in [0.717, 1.165) is 11.3 Å². The zero-order chi connectivity index (χ0) is 22.2. The van der Waals surface area contributed by atoms with Crippen molar-refractivity contribution >= 4 is 37.5 Å².